The first-order valence-corrected chi connectivity index (χ1v) is 6.65. The van der Waals surface area contributed by atoms with Gasteiger partial charge < -0.3 is 14.9 Å². The van der Waals surface area contributed by atoms with Gasteiger partial charge in [-0.2, -0.15) is 0 Å². The SMILES string of the molecule is CC1CCN(C(=O)N(C)Cc2ccccn2)C1C(=O)O. The second-order valence-electron chi connectivity index (χ2n) is 5.20. The van der Waals surface area contributed by atoms with Gasteiger partial charge in [-0.05, 0) is 24.5 Å². The quantitative estimate of drug-likeness (QED) is 0.907. The molecule has 108 valence electrons. The molecule has 2 atom stereocenters. The van der Waals surface area contributed by atoms with Gasteiger partial charge in [0.2, 0.25) is 0 Å². The summed E-state index contributed by atoms with van der Waals surface area (Å²) in [7, 11) is 1.67. The molecular weight excluding hydrogens is 258 g/mol. The van der Waals surface area contributed by atoms with E-state index in [4.69, 9.17) is 0 Å². The van der Waals surface area contributed by atoms with Crippen LogP contribution in [0.3, 0.4) is 0 Å². The number of carbonyl (C=O) groups is 2. The number of likely N-dealkylation sites (tertiary alicyclic amines) is 1. The van der Waals surface area contributed by atoms with Crippen molar-refractivity contribution in [3.8, 4) is 0 Å². The van der Waals surface area contributed by atoms with Gasteiger partial charge in [0.05, 0.1) is 12.2 Å². The zero-order chi connectivity index (χ0) is 14.7. The number of carboxylic acids is 1. The number of hydrogen-bond acceptors (Lipinski definition) is 3. The number of nitrogens with zero attached hydrogens (tertiary/aromatic N) is 3. The maximum atomic E-state index is 12.4. The standard InChI is InChI=1S/C14H19N3O3/c1-10-6-8-17(12(10)13(18)19)14(20)16(2)9-11-5-3-4-7-15-11/h3-5,7,10,12H,6,8-9H2,1-2H3,(H,18,19). The lowest BCUT2D eigenvalue weighted by molar-refractivity contribution is -0.142. The van der Waals surface area contributed by atoms with E-state index in [1.54, 1.807) is 13.2 Å². The third-order valence-corrected chi connectivity index (χ3v) is 3.65. The fourth-order valence-electron chi connectivity index (χ4n) is 2.56. The van der Waals surface area contributed by atoms with Crippen molar-refractivity contribution in [1.29, 1.82) is 0 Å². The topological polar surface area (TPSA) is 73.7 Å². The van der Waals surface area contributed by atoms with Crippen LogP contribution in [0.1, 0.15) is 19.0 Å². The molecule has 1 aromatic rings. The fraction of sp³-hybridized carbons (Fsp3) is 0.500. The summed E-state index contributed by atoms with van der Waals surface area (Å²) in [5.41, 5.74) is 0.780. The summed E-state index contributed by atoms with van der Waals surface area (Å²) >= 11 is 0. The normalized spacial score (nSPS) is 21.8. The molecule has 1 aliphatic rings. The molecule has 2 amide bonds. The Morgan fingerprint density at radius 2 is 2.25 bits per heavy atom. The van der Waals surface area contributed by atoms with Crippen molar-refractivity contribution in [2.45, 2.75) is 25.9 Å². The van der Waals surface area contributed by atoms with Gasteiger partial charge in [0.25, 0.3) is 0 Å². The number of carboxylic acid groups (broad SMARTS) is 1. The highest BCUT2D eigenvalue weighted by molar-refractivity contribution is 5.83. The van der Waals surface area contributed by atoms with Crippen LogP contribution in [-0.2, 0) is 11.3 Å². The molecule has 6 heteroatoms. The van der Waals surface area contributed by atoms with E-state index in [0.717, 1.165) is 12.1 Å². The van der Waals surface area contributed by atoms with Gasteiger partial charge in [-0.1, -0.05) is 13.0 Å². The highest BCUT2D eigenvalue weighted by Gasteiger charge is 2.40. The average molecular weight is 277 g/mol. The molecule has 20 heavy (non-hydrogen) atoms. The first-order chi connectivity index (χ1) is 9.50. The number of carbonyl (C=O) groups excluding carboxylic acids is 1. The van der Waals surface area contributed by atoms with E-state index in [0.29, 0.717) is 13.1 Å². The maximum Gasteiger partial charge on any atom is 0.326 e. The van der Waals surface area contributed by atoms with E-state index < -0.39 is 12.0 Å². The van der Waals surface area contributed by atoms with Crippen molar-refractivity contribution < 1.29 is 14.7 Å². The van der Waals surface area contributed by atoms with Gasteiger partial charge in [0.1, 0.15) is 6.04 Å². The van der Waals surface area contributed by atoms with Gasteiger partial charge >= 0.3 is 12.0 Å². The van der Waals surface area contributed by atoms with Crippen molar-refractivity contribution >= 4 is 12.0 Å². The maximum absolute atomic E-state index is 12.4. The predicted molar refractivity (Wildman–Crippen MR) is 73.0 cm³/mol. The van der Waals surface area contributed by atoms with E-state index in [9.17, 15) is 14.7 Å². The minimum atomic E-state index is -0.936. The Kier molecular flexibility index (Phi) is 4.22. The first-order valence-electron chi connectivity index (χ1n) is 6.65. The Morgan fingerprint density at radius 1 is 1.50 bits per heavy atom. The van der Waals surface area contributed by atoms with E-state index >= 15 is 0 Å². The summed E-state index contributed by atoms with van der Waals surface area (Å²) in [5.74, 6) is -0.950. The lowest BCUT2D eigenvalue weighted by atomic mass is 10.0. The highest BCUT2D eigenvalue weighted by Crippen LogP contribution is 2.25. The van der Waals surface area contributed by atoms with Crippen molar-refractivity contribution in [2.75, 3.05) is 13.6 Å². The van der Waals surface area contributed by atoms with E-state index in [1.807, 2.05) is 25.1 Å². The minimum absolute atomic E-state index is 0.0142. The second kappa shape index (κ2) is 5.90. The van der Waals surface area contributed by atoms with Crippen LogP contribution in [0, 0.1) is 5.92 Å². The molecule has 1 aromatic heterocycles. The van der Waals surface area contributed by atoms with Gasteiger partial charge in [-0.15, -0.1) is 0 Å². The molecule has 2 unspecified atom stereocenters. The molecule has 0 bridgehead atoms. The van der Waals surface area contributed by atoms with Crippen LogP contribution in [0.2, 0.25) is 0 Å². The molecule has 2 rings (SSSR count). The Labute approximate surface area is 118 Å². The molecule has 2 heterocycles. The van der Waals surface area contributed by atoms with E-state index in [2.05, 4.69) is 4.98 Å². The zero-order valence-electron chi connectivity index (χ0n) is 11.7. The monoisotopic (exact) mass is 277 g/mol. The number of urea groups is 1. The summed E-state index contributed by atoms with van der Waals surface area (Å²) < 4.78 is 0. The van der Waals surface area contributed by atoms with E-state index in [1.165, 1.54) is 9.80 Å². The van der Waals surface area contributed by atoms with Crippen LogP contribution < -0.4 is 0 Å². The van der Waals surface area contributed by atoms with Crippen LogP contribution in [-0.4, -0.2) is 51.5 Å². The molecule has 1 N–H and O–H groups in total. The molecule has 1 fully saturated rings. The van der Waals surface area contributed by atoms with Crippen LogP contribution in [0.15, 0.2) is 24.4 Å². The number of hydrogen-bond donors (Lipinski definition) is 1. The Morgan fingerprint density at radius 3 is 2.85 bits per heavy atom. The molecule has 0 saturated carbocycles. The third kappa shape index (κ3) is 2.89. The smallest absolute Gasteiger partial charge is 0.326 e. The number of amides is 2. The molecule has 0 aliphatic carbocycles. The van der Waals surface area contributed by atoms with Crippen molar-refractivity contribution in [2.24, 2.45) is 5.92 Å². The first kappa shape index (κ1) is 14.3. The van der Waals surface area contributed by atoms with E-state index in [-0.39, 0.29) is 11.9 Å². The van der Waals surface area contributed by atoms with Gasteiger partial charge in [0, 0.05) is 19.8 Å². The molecule has 0 spiro atoms. The lowest BCUT2D eigenvalue weighted by Crippen LogP contribution is -2.47. The Balaban J connectivity index is 2.05. The molecular formula is C14H19N3O3. The van der Waals surface area contributed by atoms with Gasteiger partial charge in [-0.3, -0.25) is 4.98 Å². The zero-order valence-corrected chi connectivity index (χ0v) is 11.7. The largest absolute Gasteiger partial charge is 0.480 e. The number of aromatic nitrogens is 1. The molecule has 1 aliphatic heterocycles. The predicted octanol–water partition coefficient (Wildman–Crippen LogP) is 1.43. The summed E-state index contributed by atoms with van der Waals surface area (Å²) in [4.78, 5) is 30.8. The highest BCUT2D eigenvalue weighted by atomic mass is 16.4. The third-order valence-electron chi connectivity index (χ3n) is 3.65. The number of aliphatic carboxylic acids is 1. The van der Waals surface area contributed by atoms with Crippen molar-refractivity contribution in [3.05, 3.63) is 30.1 Å². The van der Waals surface area contributed by atoms with Crippen LogP contribution in [0.4, 0.5) is 4.79 Å². The van der Waals surface area contributed by atoms with Gasteiger partial charge in [0.15, 0.2) is 0 Å². The molecule has 6 nitrogen and oxygen atoms in total. The molecule has 1 saturated heterocycles. The summed E-state index contributed by atoms with van der Waals surface area (Å²) in [5, 5.41) is 9.25. The number of rotatable bonds is 3. The minimum Gasteiger partial charge on any atom is -0.480 e. The fourth-order valence-corrected chi connectivity index (χ4v) is 2.56. The van der Waals surface area contributed by atoms with Crippen molar-refractivity contribution in [3.63, 3.8) is 0 Å². The van der Waals surface area contributed by atoms with Crippen LogP contribution in [0.25, 0.3) is 0 Å². The van der Waals surface area contributed by atoms with Gasteiger partial charge in [-0.25, -0.2) is 9.59 Å². The summed E-state index contributed by atoms with van der Waals surface area (Å²) in [6.07, 6.45) is 2.39. The molecule has 0 radical (unpaired) electrons. The number of pyridine rings is 1. The average Bonchev–Trinajstić information content (AvgIpc) is 2.81. The molecule has 0 aromatic carbocycles. The van der Waals surface area contributed by atoms with Crippen LogP contribution >= 0.6 is 0 Å². The Hall–Kier alpha value is -2.11. The lowest BCUT2D eigenvalue weighted by Gasteiger charge is -2.28. The van der Waals surface area contributed by atoms with Crippen LogP contribution in [0.5, 0.6) is 0 Å². The summed E-state index contributed by atoms with van der Waals surface area (Å²) in [6.45, 7) is 2.73. The van der Waals surface area contributed by atoms with Crippen molar-refractivity contribution in [1.82, 2.24) is 14.8 Å². The summed E-state index contributed by atoms with van der Waals surface area (Å²) in [6, 6.07) is 4.53. The Bertz CT molecular complexity index is 492. The second-order valence-corrected chi connectivity index (χ2v) is 5.20.